The zero-order valence-corrected chi connectivity index (χ0v) is 22.9. The molecule has 1 aromatic heterocycles. The number of carbonyl (C=O) groups is 1. The van der Waals surface area contributed by atoms with E-state index in [1.807, 2.05) is 44.2 Å². The van der Waals surface area contributed by atoms with E-state index in [1.165, 1.54) is 15.9 Å². The molecule has 4 rings (SSSR count). The highest BCUT2D eigenvalue weighted by molar-refractivity contribution is 7.07. The second-order valence-corrected chi connectivity index (χ2v) is 10.1. The third kappa shape index (κ3) is 5.52. The highest BCUT2D eigenvalue weighted by Crippen LogP contribution is 2.36. The van der Waals surface area contributed by atoms with Gasteiger partial charge in [0, 0.05) is 16.1 Å². The average Bonchev–Trinajstić information content (AvgIpc) is 3.17. The van der Waals surface area contributed by atoms with Gasteiger partial charge in [-0.25, -0.2) is 9.79 Å². The minimum Gasteiger partial charge on any atom is -0.491 e. The van der Waals surface area contributed by atoms with Gasteiger partial charge in [-0.05, 0) is 58.0 Å². The average molecular weight is 552 g/mol. The summed E-state index contributed by atoms with van der Waals surface area (Å²) in [6.45, 7) is 7.30. The van der Waals surface area contributed by atoms with Crippen molar-refractivity contribution < 1.29 is 19.0 Å². The molecule has 0 spiro atoms. The third-order valence-corrected chi connectivity index (χ3v) is 6.86. The van der Waals surface area contributed by atoms with Crippen molar-refractivity contribution >= 4 is 35.0 Å². The van der Waals surface area contributed by atoms with Crippen LogP contribution in [0.1, 0.15) is 44.9 Å². The van der Waals surface area contributed by atoms with Gasteiger partial charge < -0.3 is 14.2 Å². The van der Waals surface area contributed by atoms with Crippen LogP contribution in [-0.4, -0.2) is 29.9 Å². The van der Waals surface area contributed by atoms with Crippen LogP contribution in [0.25, 0.3) is 6.08 Å². The maximum atomic E-state index is 13.9. The number of allylic oxidation sites excluding steroid dienone is 1. The number of nitriles is 1. The van der Waals surface area contributed by atoms with Crippen LogP contribution in [0.3, 0.4) is 0 Å². The van der Waals surface area contributed by atoms with Crippen LogP contribution >= 0.6 is 22.9 Å². The maximum absolute atomic E-state index is 13.9. The molecule has 0 fully saturated rings. The van der Waals surface area contributed by atoms with Crippen LogP contribution in [0.5, 0.6) is 11.5 Å². The molecule has 3 aromatic rings. The molecule has 0 bridgehead atoms. The molecule has 0 aliphatic carbocycles. The lowest BCUT2D eigenvalue weighted by molar-refractivity contribution is -0.139. The molecule has 0 saturated carbocycles. The Morgan fingerprint density at radius 2 is 2.03 bits per heavy atom. The van der Waals surface area contributed by atoms with Crippen molar-refractivity contribution in [2.45, 2.75) is 39.8 Å². The molecule has 1 aliphatic rings. The Morgan fingerprint density at radius 1 is 1.26 bits per heavy atom. The van der Waals surface area contributed by atoms with E-state index < -0.39 is 12.0 Å². The smallest absolute Gasteiger partial charge is 0.338 e. The molecule has 1 atom stereocenters. The van der Waals surface area contributed by atoms with Gasteiger partial charge in [-0.2, -0.15) is 5.26 Å². The van der Waals surface area contributed by atoms with E-state index >= 15 is 0 Å². The molecule has 38 heavy (non-hydrogen) atoms. The van der Waals surface area contributed by atoms with Crippen molar-refractivity contribution in [3.63, 3.8) is 0 Å². The standard InChI is InChI=1S/C28H26ClN3O5S/c1-5-35-27(34)24-17(4)31-28-32(25(24)20-8-6-7-9-22(20)37-16(2)3)26(33)23(38-28)15-18-14-19(29)10-11-21(18)36-13-12-30/h6-11,14-16,25H,5,13H2,1-4H3/b23-15-/t25-/m0/s1. The lowest BCUT2D eigenvalue weighted by Gasteiger charge is -2.26. The van der Waals surface area contributed by atoms with Crippen LogP contribution in [0.4, 0.5) is 0 Å². The number of esters is 1. The number of thiazole rings is 1. The van der Waals surface area contributed by atoms with Crippen molar-refractivity contribution in [3.8, 4) is 17.6 Å². The molecule has 0 radical (unpaired) electrons. The summed E-state index contributed by atoms with van der Waals surface area (Å²) in [6.07, 6.45) is 1.53. The van der Waals surface area contributed by atoms with E-state index in [0.717, 1.165) is 0 Å². The summed E-state index contributed by atoms with van der Waals surface area (Å²) in [5.74, 6) is 0.424. The van der Waals surface area contributed by atoms with Gasteiger partial charge in [-0.1, -0.05) is 41.1 Å². The fourth-order valence-corrected chi connectivity index (χ4v) is 5.39. The minimum absolute atomic E-state index is 0.127. The first-order chi connectivity index (χ1) is 18.2. The molecule has 8 nitrogen and oxygen atoms in total. The van der Waals surface area contributed by atoms with Crippen LogP contribution < -0.4 is 24.4 Å². The summed E-state index contributed by atoms with van der Waals surface area (Å²) in [5, 5.41) is 9.39. The van der Waals surface area contributed by atoms with Crippen LogP contribution in [0.15, 0.2) is 63.5 Å². The lowest BCUT2D eigenvalue weighted by Crippen LogP contribution is -2.40. The number of halogens is 1. The predicted octanol–water partition coefficient (Wildman–Crippen LogP) is 4.14. The summed E-state index contributed by atoms with van der Waals surface area (Å²) >= 11 is 7.39. The predicted molar refractivity (Wildman–Crippen MR) is 145 cm³/mol. The summed E-state index contributed by atoms with van der Waals surface area (Å²) in [6, 6.07) is 13.4. The number of para-hydroxylation sites is 1. The number of fused-ring (bicyclic) bond motifs is 1. The number of hydrogen-bond donors (Lipinski definition) is 0. The summed E-state index contributed by atoms with van der Waals surface area (Å²) in [5.41, 5.74) is 1.57. The summed E-state index contributed by atoms with van der Waals surface area (Å²) in [4.78, 5) is 32.1. The topological polar surface area (TPSA) is 103 Å². The van der Waals surface area contributed by atoms with Crippen molar-refractivity contribution in [1.29, 1.82) is 5.26 Å². The molecule has 0 saturated heterocycles. The Balaban J connectivity index is 1.98. The van der Waals surface area contributed by atoms with Crippen molar-refractivity contribution in [1.82, 2.24) is 4.57 Å². The van der Waals surface area contributed by atoms with Gasteiger partial charge in [0.2, 0.25) is 0 Å². The van der Waals surface area contributed by atoms with E-state index in [0.29, 0.717) is 42.7 Å². The van der Waals surface area contributed by atoms with E-state index in [4.69, 9.17) is 31.1 Å². The molecule has 196 valence electrons. The number of ether oxygens (including phenoxy) is 3. The maximum Gasteiger partial charge on any atom is 0.338 e. The largest absolute Gasteiger partial charge is 0.491 e. The van der Waals surface area contributed by atoms with E-state index in [9.17, 15) is 9.59 Å². The van der Waals surface area contributed by atoms with Gasteiger partial charge in [-0.3, -0.25) is 9.36 Å². The van der Waals surface area contributed by atoms with Crippen molar-refractivity contribution in [2.24, 2.45) is 4.99 Å². The minimum atomic E-state index is -0.809. The van der Waals surface area contributed by atoms with Crippen molar-refractivity contribution in [2.75, 3.05) is 13.2 Å². The van der Waals surface area contributed by atoms with Gasteiger partial charge >= 0.3 is 5.97 Å². The fourth-order valence-electron chi connectivity index (χ4n) is 4.17. The van der Waals surface area contributed by atoms with Gasteiger partial charge in [0.15, 0.2) is 11.4 Å². The Bertz CT molecular complexity index is 1630. The first-order valence-corrected chi connectivity index (χ1v) is 13.2. The summed E-state index contributed by atoms with van der Waals surface area (Å²) in [7, 11) is 0. The van der Waals surface area contributed by atoms with Gasteiger partial charge in [0.25, 0.3) is 5.56 Å². The molecule has 0 amide bonds. The monoisotopic (exact) mass is 551 g/mol. The highest BCUT2D eigenvalue weighted by atomic mass is 35.5. The van der Waals surface area contributed by atoms with Gasteiger partial charge in [-0.15, -0.1) is 0 Å². The quantitative estimate of drug-likeness (QED) is 0.390. The fraction of sp³-hybridized carbons (Fsp3) is 0.286. The second-order valence-electron chi connectivity index (χ2n) is 8.64. The first kappa shape index (κ1) is 27.2. The van der Waals surface area contributed by atoms with E-state index in [-0.39, 0.29) is 30.5 Å². The Hall–Kier alpha value is -3.87. The zero-order valence-electron chi connectivity index (χ0n) is 21.4. The number of nitrogens with zero attached hydrogens (tertiary/aromatic N) is 3. The number of hydrogen-bond acceptors (Lipinski definition) is 8. The van der Waals surface area contributed by atoms with Crippen molar-refractivity contribution in [3.05, 3.63) is 89.6 Å². The van der Waals surface area contributed by atoms with E-state index in [2.05, 4.69) is 4.99 Å². The highest BCUT2D eigenvalue weighted by Gasteiger charge is 2.35. The number of rotatable bonds is 8. The first-order valence-electron chi connectivity index (χ1n) is 12.0. The Labute approximate surface area is 228 Å². The normalized spacial score (nSPS) is 15.1. The molecular formula is C28H26ClN3O5S. The number of benzene rings is 2. The molecule has 2 heterocycles. The Kier molecular flexibility index (Phi) is 8.35. The molecule has 2 aromatic carbocycles. The Morgan fingerprint density at radius 3 is 2.74 bits per heavy atom. The number of carbonyl (C=O) groups excluding carboxylic acids is 1. The number of aromatic nitrogens is 1. The third-order valence-electron chi connectivity index (χ3n) is 5.64. The zero-order chi connectivity index (χ0) is 27.4. The molecule has 10 heteroatoms. The van der Waals surface area contributed by atoms with E-state index in [1.54, 1.807) is 38.1 Å². The van der Waals surface area contributed by atoms with Crippen LogP contribution in [-0.2, 0) is 9.53 Å². The lowest BCUT2D eigenvalue weighted by atomic mass is 9.95. The van der Waals surface area contributed by atoms with Crippen LogP contribution in [0.2, 0.25) is 5.02 Å². The van der Waals surface area contributed by atoms with Gasteiger partial charge in [0.1, 0.15) is 23.6 Å². The molecular weight excluding hydrogens is 526 g/mol. The molecule has 1 aliphatic heterocycles. The molecule has 0 N–H and O–H groups in total. The SMILES string of the molecule is CCOC(=O)C1=C(C)N=c2s/c(=C\c3cc(Cl)ccc3OCC#N)c(=O)n2[C@H]1c1ccccc1OC(C)C. The van der Waals surface area contributed by atoms with Gasteiger partial charge in [0.05, 0.1) is 28.5 Å². The van der Waals surface area contributed by atoms with Crippen LogP contribution in [0, 0.1) is 11.3 Å². The second kappa shape index (κ2) is 11.7. The molecule has 0 unspecified atom stereocenters. The summed E-state index contributed by atoms with van der Waals surface area (Å²) < 4.78 is 18.8.